The summed E-state index contributed by atoms with van der Waals surface area (Å²) < 4.78 is 6.86. The molecule has 3 aromatic carbocycles. The normalized spacial score (nSPS) is 10.8. The summed E-state index contributed by atoms with van der Waals surface area (Å²) in [7, 11) is 0. The van der Waals surface area contributed by atoms with Crippen LogP contribution < -0.4 is 15.5 Å². The second-order valence-electron chi connectivity index (χ2n) is 6.60. The lowest BCUT2D eigenvalue weighted by Crippen LogP contribution is -2.34. The Morgan fingerprint density at radius 3 is 2.42 bits per heavy atom. The van der Waals surface area contributed by atoms with Gasteiger partial charge in [0, 0.05) is 26.6 Å². The van der Waals surface area contributed by atoms with E-state index in [2.05, 4.69) is 15.8 Å². The Hall–Kier alpha value is -3.97. The topological polar surface area (TPSA) is 79.8 Å². The minimum Gasteiger partial charge on any atom is -0.457 e. The maximum absolute atomic E-state index is 12.3. The highest BCUT2D eigenvalue weighted by Crippen LogP contribution is 2.24. The van der Waals surface area contributed by atoms with Gasteiger partial charge in [0.15, 0.2) is 0 Å². The van der Waals surface area contributed by atoms with Gasteiger partial charge in [-0.25, -0.2) is 5.43 Å². The fourth-order valence-electron chi connectivity index (χ4n) is 2.87. The third-order valence-electron chi connectivity index (χ3n) is 4.41. The third-order valence-corrected chi connectivity index (χ3v) is 5.39. The lowest BCUT2D eigenvalue weighted by atomic mass is 10.2. The number of nitrogens with zero attached hydrogens (tertiary/aromatic N) is 1. The smallest absolute Gasteiger partial charge is 0.259 e. The van der Waals surface area contributed by atoms with E-state index in [1.54, 1.807) is 41.8 Å². The molecule has 7 heteroatoms. The summed E-state index contributed by atoms with van der Waals surface area (Å²) >= 11 is 1.62. The predicted octanol–water partition coefficient (Wildman–Crippen LogP) is 4.57. The zero-order chi connectivity index (χ0) is 21.5. The Bertz CT molecular complexity index is 1220. The number of thiophene rings is 1. The molecule has 0 unspecified atom stereocenters. The number of rotatable bonds is 7. The molecule has 0 spiro atoms. The van der Waals surface area contributed by atoms with Crippen LogP contribution in [0, 0.1) is 0 Å². The monoisotopic (exact) mass is 429 g/mol. The van der Waals surface area contributed by atoms with E-state index in [4.69, 9.17) is 4.74 Å². The van der Waals surface area contributed by atoms with E-state index in [1.165, 1.54) is 0 Å². The molecular formula is C24H19N3O3S. The highest BCUT2D eigenvalue weighted by molar-refractivity contribution is 7.17. The van der Waals surface area contributed by atoms with Gasteiger partial charge < -0.3 is 10.1 Å². The van der Waals surface area contributed by atoms with Crippen LogP contribution in [0.1, 0.15) is 15.9 Å². The van der Waals surface area contributed by atoms with Crippen molar-refractivity contribution in [2.75, 3.05) is 6.54 Å². The Morgan fingerprint density at radius 1 is 0.903 bits per heavy atom. The molecule has 0 saturated carbocycles. The molecule has 2 N–H and O–H groups in total. The molecule has 0 fully saturated rings. The van der Waals surface area contributed by atoms with E-state index in [0.29, 0.717) is 17.1 Å². The molecular weight excluding hydrogens is 410 g/mol. The summed E-state index contributed by atoms with van der Waals surface area (Å²) in [6.45, 7) is -0.178. The van der Waals surface area contributed by atoms with E-state index in [1.807, 2.05) is 60.0 Å². The van der Waals surface area contributed by atoms with Crippen molar-refractivity contribution in [1.29, 1.82) is 0 Å². The van der Waals surface area contributed by atoms with Gasteiger partial charge in [-0.05, 0) is 42.5 Å². The van der Waals surface area contributed by atoms with Crippen molar-refractivity contribution in [2.45, 2.75) is 0 Å². The molecule has 0 aliphatic rings. The Kier molecular flexibility index (Phi) is 6.35. The fourth-order valence-corrected chi connectivity index (χ4v) is 3.79. The summed E-state index contributed by atoms with van der Waals surface area (Å²) in [6, 6.07) is 24.1. The molecule has 0 bridgehead atoms. The number of amides is 2. The summed E-state index contributed by atoms with van der Waals surface area (Å²) in [5, 5.41) is 9.62. The van der Waals surface area contributed by atoms with E-state index < -0.39 is 5.91 Å². The third kappa shape index (κ3) is 5.34. The molecule has 0 aliphatic carbocycles. The van der Waals surface area contributed by atoms with E-state index in [0.717, 1.165) is 15.6 Å². The molecule has 1 heterocycles. The summed E-state index contributed by atoms with van der Waals surface area (Å²) in [5.41, 5.74) is 3.79. The number of fused-ring (bicyclic) bond motifs is 1. The maximum Gasteiger partial charge on any atom is 0.259 e. The van der Waals surface area contributed by atoms with Crippen molar-refractivity contribution in [2.24, 2.45) is 5.10 Å². The number of hydrazone groups is 1. The average molecular weight is 430 g/mol. The van der Waals surface area contributed by atoms with Crippen LogP contribution in [0.15, 0.2) is 89.3 Å². The van der Waals surface area contributed by atoms with Gasteiger partial charge in [-0.2, -0.15) is 5.10 Å². The van der Waals surface area contributed by atoms with Crippen LogP contribution in [0.5, 0.6) is 11.5 Å². The van der Waals surface area contributed by atoms with Crippen LogP contribution in [0.25, 0.3) is 10.1 Å². The molecule has 1 aromatic heterocycles. The first-order chi connectivity index (χ1) is 15.2. The van der Waals surface area contributed by atoms with Gasteiger partial charge in [0.2, 0.25) is 0 Å². The van der Waals surface area contributed by atoms with Crippen LogP contribution >= 0.6 is 11.3 Å². The number of carbonyl (C=O) groups excluding carboxylic acids is 2. The molecule has 0 aliphatic heterocycles. The van der Waals surface area contributed by atoms with Crippen LogP contribution in [-0.2, 0) is 4.79 Å². The SMILES string of the molecule is O=C(CNC(=O)c1ccc(Oc2ccccc2)cc1)N/N=C/c1csc2ccccc12. The van der Waals surface area contributed by atoms with Gasteiger partial charge in [-0.15, -0.1) is 11.3 Å². The quantitative estimate of drug-likeness (QED) is 0.334. The number of benzene rings is 3. The maximum atomic E-state index is 12.3. The first kappa shape index (κ1) is 20.3. The summed E-state index contributed by atoms with van der Waals surface area (Å²) in [5.74, 6) is 0.575. The number of carbonyl (C=O) groups is 2. The van der Waals surface area contributed by atoms with Gasteiger partial charge in [-0.1, -0.05) is 36.4 Å². The van der Waals surface area contributed by atoms with Crippen LogP contribution in [0.2, 0.25) is 0 Å². The zero-order valence-corrected chi connectivity index (χ0v) is 17.3. The van der Waals surface area contributed by atoms with Gasteiger partial charge in [-0.3, -0.25) is 9.59 Å². The molecule has 154 valence electrons. The van der Waals surface area contributed by atoms with Crippen LogP contribution in [-0.4, -0.2) is 24.6 Å². The minimum atomic E-state index is -0.409. The Balaban J connectivity index is 1.25. The predicted molar refractivity (Wildman–Crippen MR) is 123 cm³/mol. The van der Waals surface area contributed by atoms with Crippen molar-refractivity contribution < 1.29 is 14.3 Å². The summed E-state index contributed by atoms with van der Waals surface area (Å²) in [4.78, 5) is 24.2. The highest BCUT2D eigenvalue weighted by Gasteiger charge is 2.08. The number of nitrogens with one attached hydrogen (secondary N) is 2. The molecule has 0 saturated heterocycles. The molecule has 4 aromatic rings. The zero-order valence-electron chi connectivity index (χ0n) is 16.4. The number of hydrogen-bond acceptors (Lipinski definition) is 5. The first-order valence-electron chi connectivity index (χ1n) is 9.58. The first-order valence-corrected chi connectivity index (χ1v) is 10.5. The van der Waals surface area contributed by atoms with Gasteiger partial charge >= 0.3 is 0 Å². The largest absolute Gasteiger partial charge is 0.457 e. The minimum absolute atomic E-state index is 0.178. The number of hydrogen-bond donors (Lipinski definition) is 2. The molecule has 0 radical (unpaired) electrons. The van der Waals surface area contributed by atoms with Gasteiger partial charge in [0.1, 0.15) is 11.5 Å². The Labute approximate surface area is 183 Å². The number of para-hydroxylation sites is 1. The van der Waals surface area contributed by atoms with Crippen molar-refractivity contribution in [3.63, 3.8) is 0 Å². The lowest BCUT2D eigenvalue weighted by Gasteiger charge is -2.07. The van der Waals surface area contributed by atoms with Crippen molar-refractivity contribution in [3.05, 3.63) is 95.4 Å². The Morgan fingerprint density at radius 2 is 1.61 bits per heavy atom. The second-order valence-corrected chi connectivity index (χ2v) is 7.51. The van der Waals surface area contributed by atoms with Crippen LogP contribution in [0.4, 0.5) is 0 Å². The fraction of sp³-hybridized carbons (Fsp3) is 0.0417. The average Bonchev–Trinajstić information content (AvgIpc) is 3.22. The molecule has 6 nitrogen and oxygen atoms in total. The number of ether oxygens (including phenoxy) is 1. The van der Waals surface area contributed by atoms with Gasteiger partial charge in [0.25, 0.3) is 11.8 Å². The molecule has 4 rings (SSSR count). The van der Waals surface area contributed by atoms with Crippen molar-refractivity contribution in [1.82, 2.24) is 10.7 Å². The van der Waals surface area contributed by atoms with E-state index >= 15 is 0 Å². The van der Waals surface area contributed by atoms with E-state index in [-0.39, 0.29) is 12.5 Å². The van der Waals surface area contributed by atoms with E-state index in [9.17, 15) is 9.59 Å². The molecule has 0 atom stereocenters. The summed E-state index contributed by atoms with van der Waals surface area (Å²) in [6.07, 6.45) is 1.60. The van der Waals surface area contributed by atoms with Crippen molar-refractivity contribution >= 4 is 39.5 Å². The van der Waals surface area contributed by atoms with Gasteiger partial charge in [0.05, 0.1) is 12.8 Å². The second kappa shape index (κ2) is 9.69. The molecule has 2 amide bonds. The highest BCUT2D eigenvalue weighted by atomic mass is 32.1. The lowest BCUT2D eigenvalue weighted by molar-refractivity contribution is -0.120. The molecule has 31 heavy (non-hydrogen) atoms. The van der Waals surface area contributed by atoms with Crippen LogP contribution in [0.3, 0.4) is 0 Å². The standard InChI is InChI=1S/C24H19N3O3S/c28-23(27-26-14-18-16-31-22-9-5-4-8-21(18)22)15-25-24(29)17-10-12-20(13-11-17)30-19-6-2-1-3-7-19/h1-14,16H,15H2,(H,25,29)(H,27,28)/b26-14+. The van der Waals surface area contributed by atoms with Crippen molar-refractivity contribution in [3.8, 4) is 11.5 Å².